The van der Waals surface area contributed by atoms with Gasteiger partial charge in [0.2, 0.25) is 0 Å². The molecule has 0 atom stereocenters. The molecule has 4 heterocycles. The van der Waals surface area contributed by atoms with E-state index in [1.54, 1.807) is 0 Å². The number of furan rings is 2. The maximum absolute atomic E-state index is 6.65. The van der Waals surface area contributed by atoms with E-state index in [0.717, 1.165) is 99.5 Å². The standard InChI is InChI=1S/C63H38N4O2/c1-4-13-39(14-5-1)41-23-25-43(26-24-41)62-64-61(42-17-8-3-9-18-42)65-63(66-62)51-20-12-22-57-60(51)50-31-27-46(37-58(50)69-57)45-29-34-56-53(36-45)49-32-30-47(38-59(49)68-56)67-54-21-11-10-19-48(54)52-35-44(28-33-55(52)67)40-15-6-2-7-16-40/h1-38H. The summed E-state index contributed by atoms with van der Waals surface area (Å²) in [6.45, 7) is 0. The number of hydrogen-bond donors (Lipinski definition) is 0. The third-order valence-corrected chi connectivity index (χ3v) is 13.5. The topological polar surface area (TPSA) is 69.9 Å². The summed E-state index contributed by atoms with van der Waals surface area (Å²) in [7, 11) is 0. The molecule has 6 nitrogen and oxygen atoms in total. The highest BCUT2D eigenvalue weighted by Crippen LogP contribution is 2.41. The van der Waals surface area contributed by atoms with Crippen molar-refractivity contribution in [3.05, 3.63) is 231 Å². The van der Waals surface area contributed by atoms with Gasteiger partial charge in [0.1, 0.15) is 22.3 Å². The Morgan fingerprint density at radius 3 is 1.58 bits per heavy atom. The molecule has 0 aliphatic rings. The Morgan fingerprint density at radius 1 is 0.275 bits per heavy atom. The molecular formula is C63H38N4O2. The fraction of sp³-hybridized carbons (Fsp3) is 0. The molecule has 0 saturated heterocycles. The number of fused-ring (bicyclic) bond motifs is 9. The monoisotopic (exact) mass is 882 g/mol. The van der Waals surface area contributed by atoms with Gasteiger partial charge >= 0.3 is 0 Å². The highest BCUT2D eigenvalue weighted by molar-refractivity contribution is 6.14. The van der Waals surface area contributed by atoms with Crippen LogP contribution in [0.25, 0.3) is 139 Å². The second kappa shape index (κ2) is 15.6. The SMILES string of the molecule is c1ccc(-c2ccc(-c3nc(-c4ccccc4)nc(-c4cccc5oc6cc(-c7ccc8oc9cc(-n%10c%11ccccc%11c%11cc(-c%12ccccc%12)ccc%11%10)ccc9c8c7)ccc6c45)n3)cc2)cc1. The predicted molar refractivity (Wildman–Crippen MR) is 281 cm³/mol. The minimum absolute atomic E-state index is 0.583. The second-order valence-corrected chi connectivity index (χ2v) is 17.6. The molecule has 69 heavy (non-hydrogen) atoms. The van der Waals surface area contributed by atoms with E-state index < -0.39 is 0 Å². The highest BCUT2D eigenvalue weighted by atomic mass is 16.3. The number of rotatable bonds is 7. The average Bonchev–Trinajstić information content (AvgIpc) is 4.10. The van der Waals surface area contributed by atoms with Crippen LogP contribution in [-0.2, 0) is 0 Å². The van der Waals surface area contributed by atoms with E-state index in [4.69, 9.17) is 23.8 Å². The lowest BCUT2D eigenvalue weighted by molar-refractivity contribution is 0.668. The van der Waals surface area contributed by atoms with Crippen LogP contribution >= 0.6 is 0 Å². The van der Waals surface area contributed by atoms with Crippen molar-refractivity contribution in [2.24, 2.45) is 0 Å². The van der Waals surface area contributed by atoms with Gasteiger partial charge in [-0.2, -0.15) is 0 Å². The average molecular weight is 883 g/mol. The molecule has 0 radical (unpaired) electrons. The molecular weight excluding hydrogens is 845 g/mol. The van der Waals surface area contributed by atoms with E-state index in [2.05, 4.69) is 187 Å². The quantitative estimate of drug-likeness (QED) is 0.159. The van der Waals surface area contributed by atoms with Crippen LogP contribution in [0.4, 0.5) is 0 Å². The van der Waals surface area contributed by atoms with E-state index in [-0.39, 0.29) is 0 Å². The molecule has 0 bridgehead atoms. The summed E-state index contributed by atoms with van der Waals surface area (Å²) >= 11 is 0. The lowest BCUT2D eigenvalue weighted by Crippen LogP contribution is -2.00. The van der Waals surface area contributed by atoms with Gasteiger partial charge in [-0.1, -0.05) is 164 Å². The van der Waals surface area contributed by atoms with Crippen LogP contribution in [0.2, 0.25) is 0 Å². The third-order valence-electron chi connectivity index (χ3n) is 13.5. The van der Waals surface area contributed by atoms with Gasteiger partial charge in [0, 0.05) is 60.8 Å². The Balaban J connectivity index is 0.834. The summed E-state index contributed by atoms with van der Waals surface area (Å²) in [4.78, 5) is 15.2. The molecule has 0 aliphatic heterocycles. The third kappa shape index (κ3) is 6.53. The smallest absolute Gasteiger partial charge is 0.164 e. The summed E-state index contributed by atoms with van der Waals surface area (Å²) in [6.07, 6.45) is 0. The molecule has 14 aromatic rings. The number of benzene rings is 10. The normalized spacial score (nSPS) is 11.8. The lowest BCUT2D eigenvalue weighted by atomic mass is 10.00. The first-order valence-electron chi connectivity index (χ1n) is 23.2. The van der Waals surface area contributed by atoms with Gasteiger partial charge in [-0.05, 0) is 94.0 Å². The Hall–Kier alpha value is -9.39. The van der Waals surface area contributed by atoms with Gasteiger partial charge in [0.05, 0.1) is 11.0 Å². The molecule has 14 rings (SSSR count). The van der Waals surface area contributed by atoms with Crippen molar-refractivity contribution < 1.29 is 8.83 Å². The van der Waals surface area contributed by atoms with Crippen molar-refractivity contribution in [3.63, 3.8) is 0 Å². The Bertz CT molecular complexity index is 4290. The molecule has 6 heteroatoms. The Morgan fingerprint density at radius 2 is 0.797 bits per heavy atom. The molecule has 10 aromatic carbocycles. The van der Waals surface area contributed by atoms with Crippen LogP contribution in [-0.4, -0.2) is 19.5 Å². The zero-order valence-corrected chi connectivity index (χ0v) is 37.0. The van der Waals surface area contributed by atoms with Crippen molar-refractivity contribution in [2.45, 2.75) is 0 Å². The van der Waals surface area contributed by atoms with Gasteiger partial charge in [-0.3, -0.25) is 0 Å². The number of nitrogens with zero attached hydrogens (tertiary/aromatic N) is 4. The molecule has 0 aliphatic carbocycles. The zero-order chi connectivity index (χ0) is 45.4. The minimum atomic E-state index is 0.583. The van der Waals surface area contributed by atoms with Crippen LogP contribution in [0.5, 0.6) is 0 Å². The number of aromatic nitrogens is 4. The summed E-state index contributed by atoms with van der Waals surface area (Å²) < 4.78 is 15.6. The van der Waals surface area contributed by atoms with E-state index >= 15 is 0 Å². The molecule has 0 amide bonds. The van der Waals surface area contributed by atoms with Crippen LogP contribution < -0.4 is 0 Å². The van der Waals surface area contributed by atoms with Gasteiger partial charge in [-0.15, -0.1) is 0 Å². The maximum Gasteiger partial charge on any atom is 0.164 e. The molecule has 0 spiro atoms. The molecule has 4 aromatic heterocycles. The zero-order valence-electron chi connectivity index (χ0n) is 37.0. The molecule has 0 unspecified atom stereocenters. The van der Waals surface area contributed by atoms with Crippen molar-refractivity contribution in [3.8, 4) is 73.2 Å². The van der Waals surface area contributed by atoms with Crippen molar-refractivity contribution >= 4 is 65.7 Å². The van der Waals surface area contributed by atoms with E-state index in [9.17, 15) is 0 Å². The number of hydrogen-bond acceptors (Lipinski definition) is 5. The fourth-order valence-electron chi connectivity index (χ4n) is 10.1. The largest absolute Gasteiger partial charge is 0.456 e. The van der Waals surface area contributed by atoms with Crippen LogP contribution in [0, 0.1) is 0 Å². The van der Waals surface area contributed by atoms with Crippen molar-refractivity contribution in [1.29, 1.82) is 0 Å². The summed E-state index contributed by atoms with van der Waals surface area (Å²) in [6, 6.07) is 80.4. The van der Waals surface area contributed by atoms with Gasteiger partial charge in [0.25, 0.3) is 0 Å². The fourth-order valence-corrected chi connectivity index (χ4v) is 10.1. The first kappa shape index (κ1) is 38.8. The van der Waals surface area contributed by atoms with Gasteiger partial charge in [-0.25, -0.2) is 15.0 Å². The predicted octanol–water partition coefficient (Wildman–Crippen LogP) is 16.8. The molecule has 0 saturated carbocycles. The molecule has 322 valence electrons. The summed E-state index contributed by atoms with van der Waals surface area (Å²) in [5.74, 6) is 1.80. The van der Waals surface area contributed by atoms with Crippen LogP contribution in [0.3, 0.4) is 0 Å². The van der Waals surface area contributed by atoms with E-state index in [1.165, 1.54) is 21.9 Å². The summed E-state index contributed by atoms with van der Waals surface area (Å²) in [5, 5.41) is 6.51. The van der Waals surface area contributed by atoms with Gasteiger partial charge in [0.15, 0.2) is 17.5 Å². The van der Waals surface area contributed by atoms with Crippen LogP contribution in [0.15, 0.2) is 239 Å². The van der Waals surface area contributed by atoms with Crippen LogP contribution in [0.1, 0.15) is 0 Å². The second-order valence-electron chi connectivity index (χ2n) is 17.6. The van der Waals surface area contributed by atoms with Gasteiger partial charge < -0.3 is 13.4 Å². The Kier molecular flexibility index (Phi) is 8.79. The van der Waals surface area contributed by atoms with Crippen molar-refractivity contribution in [2.75, 3.05) is 0 Å². The molecule has 0 N–H and O–H groups in total. The van der Waals surface area contributed by atoms with E-state index in [1.807, 2.05) is 48.5 Å². The maximum atomic E-state index is 6.65. The lowest BCUT2D eigenvalue weighted by Gasteiger charge is -2.10. The Labute approximate surface area is 396 Å². The molecule has 0 fully saturated rings. The van der Waals surface area contributed by atoms with E-state index in [0.29, 0.717) is 17.5 Å². The number of para-hydroxylation sites is 1. The summed E-state index contributed by atoms with van der Waals surface area (Å²) in [5.41, 5.74) is 16.1. The van der Waals surface area contributed by atoms with Crippen molar-refractivity contribution in [1.82, 2.24) is 19.5 Å². The highest BCUT2D eigenvalue weighted by Gasteiger charge is 2.20. The first-order valence-corrected chi connectivity index (χ1v) is 23.2. The first-order chi connectivity index (χ1) is 34.2. The minimum Gasteiger partial charge on any atom is -0.456 e.